The number of rotatable bonds is 0. The van der Waals surface area contributed by atoms with Gasteiger partial charge in [0.2, 0.25) is 0 Å². The van der Waals surface area contributed by atoms with Crippen molar-refractivity contribution in [1.29, 1.82) is 0 Å². The Labute approximate surface area is 68.0 Å². The summed E-state index contributed by atoms with van der Waals surface area (Å²) < 4.78 is 0. The van der Waals surface area contributed by atoms with Crippen LogP contribution < -0.4 is 0 Å². The predicted octanol–water partition coefficient (Wildman–Crippen LogP) is 3.05. The first-order chi connectivity index (χ1) is 4.59. The van der Waals surface area contributed by atoms with Gasteiger partial charge in [-0.25, -0.2) is 0 Å². The topological polar surface area (TPSA) is 0 Å². The van der Waals surface area contributed by atoms with Crippen LogP contribution >= 0.6 is 11.6 Å². The van der Waals surface area contributed by atoms with Gasteiger partial charge in [-0.15, -0.1) is 11.6 Å². The molecule has 0 amide bonds. The normalized spacial score (nSPS) is 50.1. The lowest BCUT2D eigenvalue weighted by molar-refractivity contribution is 0.222. The SMILES string of the molecule is CC1(C)C[C@@H]2C[C@@H](Cl)[C@H]1C2. The van der Waals surface area contributed by atoms with Gasteiger partial charge in [0, 0.05) is 5.38 Å². The maximum Gasteiger partial charge on any atom is 0.0372 e. The minimum atomic E-state index is 0.494. The highest BCUT2D eigenvalue weighted by Gasteiger charge is 2.49. The fourth-order valence-corrected chi connectivity index (χ4v) is 3.65. The molecular weight excluding hydrogens is 144 g/mol. The molecule has 58 valence electrons. The molecule has 2 fully saturated rings. The van der Waals surface area contributed by atoms with Gasteiger partial charge in [-0.2, -0.15) is 0 Å². The van der Waals surface area contributed by atoms with Crippen molar-refractivity contribution in [2.45, 2.75) is 38.5 Å². The van der Waals surface area contributed by atoms with Gasteiger partial charge in [0.1, 0.15) is 0 Å². The van der Waals surface area contributed by atoms with Gasteiger partial charge < -0.3 is 0 Å². The Balaban J connectivity index is 2.20. The average Bonchev–Trinajstić information content (AvgIpc) is 2.18. The van der Waals surface area contributed by atoms with E-state index >= 15 is 0 Å². The molecule has 0 heterocycles. The van der Waals surface area contributed by atoms with E-state index in [1.807, 2.05) is 0 Å². The number of hydrogen-bond donors (Lipinski definition) is 0. The van der Waals surface area contributed by atoms with E-state index < -0.39 is 0 Å². The van der Waals surface area contributed by atoms with Gasteiger partial charge in [-0.05, 0) is 36.5 Å². The Hall–Kier alpha value is 0.290. The fraction of sp³-hybridized carbons (Fsp3) is 1.00. The zero-order valence-corrected chi connectivity index (χ0v) is 7.49. The molecule has 2 aliphatic carbocycles. The summed E-state index contributed by atoms with van der Waals surface area (Å²) in [5.41, 5.74) is 0.551. The maximum absolute atomic E-state index is 6.19. The van der Waals surface area contributed by atoms with Gasteiger partial charge in [0.15, 0.2) is 0 Å². The minimum absolute atomic E-state index is 0.494. The van der Waals surface area contributed by atoms with Crippen LogP contribution in [-0.4, -0.2) is 5.38 Å². The van der Waals surface area contributed by atoms with E-state index in [4.69, 9.17) is 11.6 Å². The van der Waals surface area contributed by atoms with E-state index in [1.165, 1.54) is 19.3 Å². The summed E-state index contributed by atoms with van der Waals surface area (Å²) in [4.78, 5) is 0. The molecule has 0 radical (unpaired) electrons. The third-order valence-corrected chi connectivity index (χ3v) is 3.88. The lowest BCUT2D eigenvalue weighted by Crippen LogP contribution is -2.27. The Kier molecular flexibility index (Phi) is 1.33. The molecule has 0 unspecified atom stereocenters. The molecule has 0 aliphatic heterocycles. The molecule has 2 bridgehead atoms. The Morgan fingerprint density at radius 2 is 2.00 bits per heavy atom. The number of fused-ring (bicyclic) bond motifs is 2. The van der Waals surface area contributed by atoms with Crippen molar-refractivity contribution in [3.05, 3.63) is 0 Å². The van der Waals surface area contributed by atoms with Crippen molar-refractivity contribution in [1.82, 2.24) is 0 Å². The summed E-state index contributed by atoms with van der Waals surface area (Å²) in [6.07, 6.45) is 4.11. The second kappa shape index (κ2) is 1.91. The molecule has 2 rings (SSSR count). The summed E-state index contributed by atoms with van der Waals surface area (Å²) in [6.45, 7) is 4.73. The van der Waals surface area contributed by atoms with Crippen molar-refractivity contribution in [3.63, 3.8) is 0 Å². The molecule has 0 N–H and O–H groups in total. The van der Waals surface area contributed by atoms with Gasteiger partial charge in [-0.1, -0.05) is 13.8 Å². The van der Waals surface area contributed by atoms with Crippen LogP contribution in [-0.2, 0) is 0 Å². The van der Waals surface area contributed by atoms with Gasteiger partial charge in [0.25, 0.3) is 0 Å². The quantitative estimate of drug-likeness (QED) is 0.476. The second-order valence-corrected chi connectivity index (χ2v) is 5.21. The van der Waals surface area contributed by atoms with E-state index in [-0.39, 0.29) is 0 Å². The van der Waals surface area contributed by atoms with Crippen molar-refractivity contribution in [2.75, 3.05) is 0 Å². The Morgan fingerprint density at radius 3 is 2.30 bits per heavy atom. The molecule has 0 nitrogen and oxygen atoms in total. The molecule has 1 heteroatoms. The molecular formula is C9H15Cl. The monoisotopic (exact) mass is 158 g/mol. The van der Waals surface area contributed by atoms with Crippen molar-refractivity contribution < 1.29 is 0 Å². The van der Waals surface area contributed by atoms with Crippen LogP contribution in [0.4, 0.5) is 0 Å². The molecule has 10 heavy (non-hydrogen) atoms. The standard InChI is InChI=1S/C9H15Cl/c1-9(2)5-6-3-7(9)8(10)4-6/h6-8H,3-5H2,1-2H3/t6-,7+,8+/m0/s1. The van der Waals surface area contributed by atoms with Crippen LogP contribution in [0, 0.1) is 17.3 Å². The summed E-state index contributed by atoms with van der Waals surface area (Å²) in [5.74, 6) is 1.78. The Morgan fingerprint density at radius 1 is 1.30 bits per heavy atom. The van der Waals surface area contributed by atoms with E-state index in [1.54, 1.807) is 0 Å². The van der Waals surface area contributed by atoms with Crippen LogP contribution in [0.5, 0.6) is 0 Å². The number of alkyl halides is 1. The number of halogens is 1. The first kappa shape index (κ1) is 6.97. The van der Waals surface area contributed by atoms with Crippen molar-refractivity contribution in [3.8, 4) is 0 Å². The van der Waals surface area contributed by atoms with E-state index in [0.717, 1.165) is 11.8 Å². The predicted molar refractivity (Wildman–Crippen MR) is 44.3 cm³/mol. The average molecular weight is 159 g/mol. The molecule has 2 aliphatic rings. The van der Waals surface area contributed by atoms with Crippen molar-refractivity contribution >= 4 is 11.6 Å². The first-order valence-electron chi connectivity index (χ1n) is 4.24. The molecule has 0 aromatic heterocycles. The van der Waals surface area contributed by atoms with Crippen LogP contribution in [0.1, 0.15) is 33.1 Å². The lowest BCUT2D eigenvalue weighted by Gasteiger charge is -2.32. The van der Waals surface area contributed by atoms with E-state index in [0.29, 0.717) is 10.8 Å². The highest BCUT2D eigenvalue weighted by atomic mass is 35.5. The molecule has 3 atom stereocenters. The second-order valence-electron chi connectivity index (χ2n) is 4.65. The zero-order valence-electron chi connectivity index (χ0n) is 6.73. The first-order valence-corrected chi connectivity index (χ1v) is 4.67. The molecule has 0 saturated heterocycles. The third kappa shape index (κ3) is 0.812. The van der Waals surface area contributed by atoms with Crippen molar-refractivity contribution in [2.24, 2.45) is 17.3 Å². The van der Waals surface area contributed by atoms with Crippen LogP contribution in [0.3, 0.4) is 0 Å². The summed E-state index contributed by atoms with van der Waals surface area (Å²) in [7, 11) is 0. The van der Waals surface area contributed by atoms with Crippen LogP contribution in [0.25, 0.3) is 0 Å². The summed E-state index contributed by atoms with van der Waals surface area (Å²) >= 11 is 6.19. The summed E-state index contributed by atoms with van der Waals surface area (Å²) in [6, 6.07) is 0. The third-order valence-electron chi connectivity index (χ3n) is 3.40. The van der Waals surface area contributed by atoms with E-state index in [2.05, 4.69) is 13.8 Å². The number of hydrogen-bond acceptors (Lipinski definition) is 0. The highest BCUT2D eigenvalue weighted by Crippen LogP contribution is 2.57. The molecule has 0 spiro atoms. The largest absolute Gasteiger partial charge is 0.123 e. The van der Waals surface area contributed by atoms with Gasteiger partial charge in [-0.3, -0.25) is 0 Å². The molecule has 0 aromatic carbocycles. The van der Waals surface area contributed by atoms with Gasteiger partial charge >= 0.3 is 0 Å². The molecule has 0 aromatic rings. The fourth-order valence-electron chi connectivity index (χ4n) is 2.96. The summed E-state index contributed by atoms with van der Waals surface area (Å²) in [5, 5.41) is 0.494. The van der Waals surface area contributed by atoms with Crippen LogP contribution in [0.2, 0.25) is 0 Å². The lowest BCUT2D eigenvalue weighted by atomic mass is 9.76. The van der Waals surface area contributed by atoms with Crippen LogP contribution in [0.15, 0.2) is 0 Å². The Bertz CT molecular complexity index is 151. The highest BCUT2D eigenvalue weighted by molar-refractivity contribution is 6.21. The smallest absolute Gasteiger partial charge is 0.0372 e. The maximum atomic E-state index is 6.19. The minimum Gasteiger partial charge on any atom is -0.123 e. The van der Waals surface area contributed by atoms with Gasteiger partial charge in [0.05, 0.1) is 0 Å². The zero-order chi connectivity index (χ0) is 7.35. The molecule has 2 saturated carbocycles. The van der Waals surface area contributed by atoms with E-state index in [9.17, 15) is 0 Å².